The van der Waals surface area contributed by atoms with Gasteiger partial charge in [0.2, 0.25) is 0 Å². The first-order chi connectivity index (χ1) is 9.67. The van der Waals surface area contributed by atoms with Crippen molar-refractivity contribution >= 4 is 17.4 Å². The largest absolute Gasteiger partial charge is 0.396 e. The molecule has 0 spiro atoms. The van der Waals surface area contributed by atoms with Gasteiger partial charge in [0.05, 0.1) is 16.9 Å². The van der Waals surface area contributed by atoms with E-state index in [0.717, 1.165) is 19.3 Å². The molecule has 0 bridgehead atoms. The quantitative estimate of drug-likeness (QED) is 0.693. The van der Waals surface area contributed by atoms with E-state index < -0.39 is 22.5 Å². The molecule has 3 N–H and O–H groups in total. The molecule has 2 fully saturated rings. The third kappa shape index (κ3) is 2.44. The van der Waals surface area contributed by atoms with Crippen LogP contribution in [-0.2, 0) is 4.79 Å². The van der Waals surface area contributed by atoms with Crippen LogP contribution in [0.15, 0.2) is 0 Å². The Morgan fingerprint density at radius 2 is 1.95 bits per heavy atom. The number of halogens is 1. The lowest BCUT2D eigenvalue weighted by Crippen LogP contribution is -2.69. The Bertz CT molecular complexity index is 411. The van der Waals surface area contributed by atoms with Crippen LogP contribution in [0.25, 0.3) is 0 Å². The van der Waals surface area contributed by atoms with E-state index in [1.165, 1.54) is 6.92 Å². The van der Waals surface area contributed by atoms with Crippen molar-refractivity contribution in [2.75, 3.05) is 6.61 Å². The van der Waals surface area contributed by atoms with Crippen molar-refractivity contribution in [2.24, 2.45) is 23.2 Å². The van der Waals surface area contributed by atoms with E-state index in [0.29, 0.717) is 5.92 Å². The average Bonchev–Trinajstić information content (AvgIpc) is 2.43. The van der Waals surface area contributed by atoms with Crippen molar-refractivity contribution in [1.82, 2.24) is 0 Å². The van der Waals surface area contributed by atoms with E-state index in [4.69, 9.17) is 16.7 Å². The maximum Gasteiger partial charge on any atom is 0.144 e. The van der Waals surface area contributed by atoms with Gasteiger partial charge in [0.25, 0.3) is 0 Å². The first kappa shape index (κ1) is 17.2. The monoisotopic (exact) mass is 318 g/mol. The van der Waals surface area contributed by atoms with Gasteiger partial charge in [-0.1, -0.05) is 13.3 Å². The summed E-state index contributed by atoms with van der Waals surface area (Å²) in [6.45, 7) is 5.17. The Labute approximate surface area is 131 Å². The number of aliphatic hydroxyl groups excluding tert-OH is 2. The maximum absolute atomic E-state index is 12.6. The lowest BCUT2D eigenvalue weighted by molar-refractivity contribution is -0.211. The standard InChI is InChI=1S/C16H27ClO4/c1-9-4-5-11-10(8-9)13(17)14(20)16(3,21)15(11,2)12(19)6-7-18/h9-11,13-14,18,20-21H,4-8H2,1-3H3/t9-,10-,11-,13-,14+,15-,16+/m0/s1. The highest BCUT2D eigenvalue weighted by atomic mass is 35.5. The summed E-state index contributed by atoms with van der Waals surface area (Å²) in [5, 5.41) is 30.0. The molecule has 0 aromatic carbocycles. The fraction of sp³-hybridized carbons (Fsp3) is 0.938. The van der Waals surface area contributed by atoms with Crippen LogP contribution in [0.4, 0.5) is 0 Å². The highest BCUT2D eigenvalue weighted by molar-refractivity contribution is 6.21. The van der Waals surface area contributed by atoms with Crippen molar-refractivity contribution in [3.63, 3.8) is 0 Å². The van der Waals surface area contributed by atoms with Gasteiger partial charge in [-0.2, -0.15) is 0 Å². The number of fused-ring (bicyclic) bond motifs is 1. The molecule has 2 rings (SSSR count). The molecule has 0 aromatic heterocycles. The Kier molecular flexibility index (Phi) is 4.75. The number of carbonyl (C=O) groups excluding carboxylic acids is 1. The summed E-state index contributed by atoms with van der Waals surface area (Å²) in [6, 6.07) is 0. The molecule has 0 heterocycles. The molecule has 5 heteroatoms. The lowest BCUT2D eigenvalue weighted by atomic mass is 9.48. The Balaban J connectivity index is 2.45. The third-order valence-corrected chi connectivity index (χ3v) is 6.72. The highest BCUT2D eigenvalue weighted by Gasteiger charge is 2.65. The van der Waals surface area contributed by atoms with Gasteiger partial charge in [-0.15, -0.1) is 11.6 Å². The van der Waals surface area contributed by atoms with Gasteiger partial charge in [0.1, 0.15) is 11.4 Å². The van der Waals surface area contributed by atoms with Crippen LogP contribution in [0.3, 0.4) is 0 Å². The number of rotatable bonds is 3. The Morgan fingerprint density at radius 1 is 1.33 bits per heavy atom. The molecule has 7 atom stereocenters. The molecule has 0 unspecified atom stereocenters. The minimum absolute atomic E-state index is 0.00506. The van der Waals surface area contributed by atoms with E-state index in [1.807, 2.05) is 0 Å². The van der Waals surface area contributed by atoms with Crippen molar-refractivity contribution < 1.29 is 20.1 Å². The second-order valence-corrected chi connectivity index (χ2v) is 7.83. The number of carbonyl (C=O) groups is 1. The maximum atomic E-state index is 12.6. The molecule has 2 aliphatic rings. The molecule has 2 saturated carbocycles. The normalized spacial score (nSPS) is 50.5. The lowest BCUT2D eigenvalue weighted by Gasteiger charge is -2.59. The second-order valence-electron chi connectivity index (χ2n) is 7.32. The predicted molar refractivity (Wildman–Crippen MR) is 81.1 cm³/mol. The molecule has 2 aliphatic carbocycles. The van der Waals surface area contributed by atoms with Gasteiger partial charge in [-0.05, 0) is 44.4 Å². The van der Waals surface area contributed by atoms with E-state index in [-0.39, 0.29) is 30.6 Å². The van der Waals surface area contributed by atoms with Crippen LogP contribution in [0.5, 0.6) is 0 Å². The molecule has 122 valence electrons. The first-order valence-electron chi connectivity index (χ1n) is 7.86. The van der Waals surface area contributed by atoms with Crippen LogP contribution in [-0.4, -0.2) is 44.8 Å². The Morgan fingerprint density at radius 3 is 2.52 bits per heavy atom. The summed E-state index contributed by atoms with van der Waals surface area (Å²) in [4.78, 5) is 12.6. The molecule has 0 radical (unpaired) electrons. The SMILES string of the molecule is C[C@H]1CC[C@H]2[C@H](C1)[C@H](Cl)[C@@H](O)[C@@](C)(O)[C@]2(C)C(=O)CCO. The van der Waals surface area contributed by atoms with Crippen molar-refractivity contribution in [3.8, 4) is 0 Å². The highest BCUT2D eigenvalue weighted by Crippen LogP contribution is 2.58. The minimum Gasteiger partial charge on any atom is -0.396 e. The van der Waals surface area contributed by atoms with Gasteiger partial charge in [-0.25, -0.2) is 0 Å². The van der Waals surface area contributed by atoms with E-state index in [9.17, 15) is 15.0 Å². The number of hydrogen-bond acceptors (Lipinski definition) is 4. The van der Waals surface area contributed by atoms with Gasteiger partial charge in [0.15, 0.2) is 0 Å². The van der Waals surface area contributed by atoms with Crippen LogP contribution in [0.1, 0.15) is 46.5 Å². The van der Waals surface area contributed by atoms with Crippen molar-refractivity contribution in [2.45, 2.75) is 63.5 Å². The van der Waals surface area contributed by atoms with E-state index >= 15 is 0 Å². The molecular formula is C16H27ClO4. The fourth-order valence-corrected chi connectivity index (χ4v) is 5.09. The van der Waals surface area contributed by atoms with Gasteiger partial charge in [0, 0.05) is 13.0 Å². The molecule has 0 saturated heterocycles. The molecule has 4 nitrogen and oxygen atoms in total. The molecule has 0 aromatic rings. The van der Waals surface area contributed by atoms with E-state index in [1.54, 1.807) is 6.92 Å². The van der Waals surface area contributed by atoms with Crippen molar-refractivity contribution in [1.29, 1.82) is 0 Å². The number of alkyl halides is 1. The Hall–Kier alpha value is -0.160. The number of aliphatic hydroxyl groups is 3. The number of Topliss-reactive ketones (excluding diaryl/α,β-unsaturated/α-hetero) is 1. The molecular weight excluding hydrogens is 292 g/mol. The summed E-state index contributed by atoms with van der Waals surface area (Å²) >= 11 is 6.43. The minimum atomic E-state index is -1.58. The number of ketones is 1. The fourth-order valence-electron chi connectivity index (χ4n) is 4.57. The zero-order chi connectivity index (χ0) is 16.0. The van der Waals surface area contributed by atoms with Crippen LogP contribution >= 0.6 is 11.6 Å². The van der Waals surface area contributed by atoms with Gasteiger partial charge < -0.3 is 15.3 Å². The van der Waals surface area contributed by atoms with Crippen LogP contribution < -0.4 is 0 Å². The van der Waals surface area contributed by atoms with E-state index in [2.05, 4.69) is 6.92 Å². The molecule has 0 aliphatic heterocycles. The predicted octanol–water partition coefficient (Wildman–Crippen LogP) is 1.73. The summed E-state index contributed by atoms with van der Waals surface area (Å²) in [5.41, 5.74) is -2.64. The zero-order valence-corrected chi connectivity index (χ0v) is 13.8. The van der Waals surface area contributed by atoms with Crippen LogP contribution in [0, 0.1) is 23.2 Å². The molecule has 21 heavy (non-hydrogen) atoms. The number of hydrogen-bond donors (Lipinski definition) is 3. The summed E-state index contributed by atoms with van der Waals surface area (Å²) in [7, 11) is 0. The van der Waals surface area contributed by atoms with Crippen LogP contribution in [0.2, 0.25) is 0 Å². The summed E-state index contributed by atoms with van der Waals surface area (Å²) in [5.74, 6) is 0.314. The first-order valence-corrected chi connectivity index (χ1v) is 8.30. The van der Waals surface area contributed by atoms with Gasteiger partial charge in [-0.3, -0.25) is 4.79 Å². The average molecular weight is 319 g/mol. The zero-order valence-electron chi connectivity index (χ0n) is 13.1. The smallest absolute Gasteiger partial charge is 0.144 e. The topological polar surface area (TPSA) is 77.8 Å². The van der Waals surface area contributed by atoms with Gasteiger partial charge >= 0.3 is 0 Å². The summed E-state index contributed by atoms with van der Waals surface area (Å²) < 4.78 is 0. The second kappa shape index (κ2) is 5.80. The summed E-state index contributed by atoms with van der Waals surface area (Å²) in [6.07, 6.45) is 1.56. The van der Waals surface area contributed by atoms with Crippen molar-refractivity contribution in [3.05, 3.63) is 0 Å². The molecule has 0 amide bonds. The third-order valence-electron chi connectivity index (χ3n) is 6.16.